The third-order valence-corrected chi connectivity index (χ3v) is 6.93. The quantitative estimate of drug-likeness (QED) is 0.383. The summed E-state index contributed by atoms with van der Waals surface area (Å²) in [5, 5.41) is 4.43. The predicted molar refractivity (Wildman–Crippen MR) is 149 cm³/mol. The van der Waals surface area contributed by atoms with Crippen LogP contribution in [0.2, 0.25) is 0 Å². The van der Waals surface area contributed by atoms with Gasteiger partial charge in [-0.2, -0.15) is 9.84 Å². The van der Waals surface area contributed by atoms with E-state index in [1.54, 1.807) is 6.26 Å². The molecule has 35 heavy (non-hydrogen) atoms. The second-order valence-electron chi connectivity index (χ2n) is 11.9. The summed E-state index contributed by atoms with van der Waals surface area (Å²) in [7, 11) is 0. The van der Waals surface area contributed by atoms with Crippen LogP contribution in [0.15, 0.2) is 40.0 Å². The number of allylic oxidation sites excluding steroid dienone is 1. The van der Waals surface area contributed by atoms with Crippen molar-refractivity contribution in [1.29, 1.82) is 0 Å². The molecule has 1 aliphatic rings. The first-order chi connectivity index (χ1) is 16.2. The van der Waals surface area contributed by atoms with Crippen LogP contribution in [-0.2, 0) is 0 Å². The van der Waals surface area contributed by atoms with Crippen LogP contribution in [0.4, 0.5) is 0 Å². The lowest BCUT2D eigenvalue weighted by molar-refractivity contribution is 0.231. The van der Waals surface area contributed by atoms with E-state index in [0.717, 1.165) is 29.2 Å². The Bertz CT molecular complexity index is 872. The zero-order valence-corrected chi connectivity index (χ0v) is 24.6. The molecule has 0 saturated heterocycles. The van der Waals surface area contributed by atoms with Crippen molar-refractivity contribution in [1.82, 2.24) is 14.5 Å². The van der Waals surface area contributed by atoms with E-state index in [9.17, 15) is 4.79 Å². The molecule has 0 bridgehead atoms. The van der Waals surface area contributed by atoms with Gasteiger partial charge >= 0.3 is 0 Å². The first kappa shape index (κ1) is 31.0. The summed E-state index contributed by atoms with van der Waals surface area (Å²) < 4.78 is 8.52. The van der Waals surface area contributed by atoms with Crippen molar-refractivity contribution in [3.8, 4) is 0 Å². The van der Waals surface area contributed by atoms with Gasteiger partial charge in [-0.3, -0.25) is 9.48 Å². The maximum absolute atomic E-state index is 11.5. The Labute approximate surface area is 215 Å². The fourth-order valence-electron chi connectivity index (χ4n) is 4.55. The van der Waals surface area contributed by atoms with E-state index in [1.807, 2.05) is 38.6 Å². The maximum atomic E-state index is 11.5. The van der Waals surface area contributed by atoms with Crippen molar-refractivity contribution in [3.63, 3.8) is 0 Å². The number of hydrogen-bond donors (Lipinski definition) is 0. The van der Waals surface area contributed by atoms with E-state index >= 15 is 0 Å². The van der Waals surface area contributed by atoms with Gasteiger partial charge in [-0.25, -0.2) is 0 Å². The predicted octanol–water partition coefficient (Wildman–Crippen LogP) is 8.61. The van der Waals surface area contributed by atoms with E-state index in [-0.39, 0.29) is 17.5 Å². The Morgan fingerprint density at radius 3 is 1.60 bits per heavy atom. The molecule has 2 heterocycles. The molecule has 200 valence electrons. The summed E-state index contributed by atoms with van der Waals surface area (Å²) in [6.45, 7) is 29.9. The number of rotatable bonds is 6. The number of nitrogens with zero attached hydrogens (tertiary/aromatic N) is 3. The van der Waals surface area contributed by atoms with Crippen LogP contribution >= 0.6 is 0 Å². The molecule has 3 rings (SSSR count). The molecule has 0 amide bonds. The Hall–Kier alpha value is -2.04. The minimum atomic E-state index is 0.000000000000000222. The first-order valence-corrected chi connectivity index (χ1v) is 13.6. The molecular formula is C30H53N3O2. The van der Waals surface area contributed by atoms with Gasteiger partial charge in [-0.15, -0.1) is 0 Å². The van der Waals surface area contributed by atoms with Crippen molar-refractivity contribution in [2.45, 2.75) is 120 Å². The van der Waals surface area contributed by atoms with Gasteiger partial charge in [0.25, 0.3) is 5.56 Å². The average molecular weight is 488 g/mol. The molecule has 2 unspecified atom stereocenters. The van der Waals surface area contributed by atoms with E-state index in [0.29, 0.717) is 12.0 Å². The van der Waals surface area contributed by atoms with Crippen molar-refractivity contribution < 1.29 is 4.52 Å². The number of hydrogen-bond acceptors (Lipinski definition) is 3. The third kappa shape index (κ3) is 8.84. The topological polar surface area (TPSA) is 53.0 Å². The Morgan fingerprint density at radius 1 is 0.857 bits per heavy atom. The smallest absolute Gasteiger partial charge is 0.286 e. The highest BCUT2D eigenvalue weighted by Crippen LogP contribution is 2.42. The lowest BCUT2D eigenvalue weighted by Gasteiger charge is -2.20. The highest BCUT2D eigenvalue weighted by Gasteiger charge is 2.31. The molecule has 5 nitrogen and oxygen atoms in total. The zero-order valence-electron chi connectivity index (χ0n) is 24.6. The largest absolute Gasteiger partial charge is 0.384 e. The summed E-state index contributed by atoms with van der Waals surface area (Å²) in [6, 6.07) is 2.66. The van der Waals surface area contributed by atoms with Crippen LogP contribution in [-0.4, -0.2) is 14.5 Å². The molecular weight excluding hydrogens is 434 g/mol. The third-order valence-electron chi connectivity index (χ3n) is 6.93. The van der Waals surface area contributed by atoms with Crippen molar-refractivity contribution in [2.24, 2.45) is 23.7 Å². The molecule has 2 aromatic rings. The van der Waals surface area contributed by atoms with Crippen molar-refractivity contribution in [3.05, 3.63) is 52.3 Å². The van der Waals surface area contributed by atoms with Gasteiger partial charge in [-0.05, 0) is 82.1 Å². The van der Waals surface area contributed by atoms with Crippen molar-refractivity contribution in [2.75, 3.05) is 0 Å². The van der Waals surface area contributed by atoms with E-state index in [1.165, 1.54) is 28.8 Å². The van der Waals surface area contributed by atoms with Gasteiger partial charge in [0, 0.05) is 12.2 Å². The molecule has 0 N–H and O–H groups in total. The Morgan fingerprint density at radius 2 is 1.37 bits per heavy atom. The summed E-state index contributed by atoms with van der Waals surface area (Å²) in [5.41, 5.74) is 3.46. The lowest BCUT2D eigenvalue weighted by atomic mass is 9.85. The van der Waals surface area contributed by atoms with Crippen LogP contribution in [0.3, 0.4) is 0 Å². The molecule has 1 saturated carbocycles. The van der Waals surface area contributed by atoms with Crippen LogP contribution in [0.25, 0.3) is 0 Å². The van der Waals surface area contributed by atoms with E-state index in [2.05, 4.69) is 73.1 Å². The van der Waals surface area contributed by atoms with Gasteiger partial charge in [0.05, 0.1) is 17.3 Å². The molecule has 5 heteroatoms. The van der Waals surface area contributed by atoms with Gasteiger partial charge in [0.1, 0.15) is 6.26 Å². The lowest BCUT2D eigenvalue weighted by Crippen LogP contribution is -2.19. The van der Waals surface area contributed by atoms with Crippen LogP contribution in [0.5, 0.6) is 0 Å². The second-order valence-corrected chi connectivity index (χ2v) is 11.9. The molecule has 1 aliphatic carbocycles. The first-order valence-electron chi connectivity index (χ1n) is 13.6. The summed E-state index contributed by atoms with van der Waals surface area (Å²) in [4.78, 5) is 11.5. The van der Waals surface area contributed by atoms with Crippen LogP contribution in [0, 0.1) is 23.7 Å². The Kier molecular flexibility index (Phi) is 12.3. The standard InChI is InChI=1S/C12H22.C9H16N2.C9H15NO2/c1-8(2)11-6-7-12(9(3)4)10(11)5;1-7(2)9-5-6-11(10-9)8(3)4;1-6(2)8-5-12-10(7(3)4)9(8)11/h8-9,11-12H,5-7H2,1-4H3;5-8H,1-4H3;5-7H,1-4H3. The van der Waals surface area contributed by atoms with Crippen LogP contribution in [0.1, 0.15) is 131 Å². The fourth-order valence-corrected chi connectivity index (χ4v) is 4.55. The molecule has 0 aliphatic heterocycles. The van der Waals surface area contributed by atoms with Crippen LogP contribution < -0.4 is 5.56 Å². The monoisotopic (exact) mass is 487 g/mol. The summed E-state index contributed by atoms with van der Waals surface area (Å²) >= 11 is 0. The minimum Gasteiger partial charge on any atom is -0.384 e. The molecule has 0 radical (unpaired) electrons. The highest BCUT2D eigenvalue weighted by atomic mass is 16.5. The maximum Gasteiger partial charge on any atom is 0.286 e. The fraction of sp³-hybridized carbons (Fsp3) is 0.733. The van der Waals surface area contributed by atoms with Gasteiger partial charge in [0.15, 0.2) is 0 Å². The van der Waals surface area contributed by atoms with E-state index < -0.39 is 0 Å². The molecule has 2 atom stereocenters. The molecule has 0 aromatic carbocycles. The normalized spacial score (nSPS) is 18.1. The van der Waals surface area contributed by atoms with Gasteiger partial charge in [0.2, 0.25) is 0 Å². The summed E-state index contributed by atoms with van der Waals surface area (Å²) in [6.07, 6.45) is 6.34. The average Bonchev–Trinajstić information content (AvgIpc) is 3.46. The minimum absolute atomic E-state index is 0.000000000000000222. The van der Waals surface area contributed by atoms with Gasteiger partial charge in [-0.1, -0.05) is 67.5 Å². The van der Waals surface area contributed by atoms with Crippen molar-refractivity contribution >= 4 is 0 Å². The molecule has 0 spiro atoms. The highest BCUT2D eigenvalue weighted by molar-refractivity contribution is 5.13. The molecule has 2 aromatic heterocycles. The SMILES string of the molecule is C=C1C(C(C)C)CCC1C(C)C.CC(C)c1ccn(C(C)C)n1.CC(C)c1con(C(C)C)c1=O. The summed E-state index contributed by atoms with van der Waals surface area (Å²) in [5.74, 6) is 3.97. The van der Waals surface area contributed by atoms with Gasteiger partial charge < -0.3 is 4.52 Å². The Balaban J connectivity index is 0.000000263. The second kappa shape index (κ2) is 13.9. The number of aromatic nitrogens is 3. The van der Waals surface area contributed by atoms with E-state index in [4.69, 9.17) is 4.52 Å². The zero-order chi connectivity index (χ0) is 27.0. The molecule has 1 fully saturated rings.